The number of nitrogens with one attached hydrogen (secondary N) is 1. The van der Waals surface area contributed by atoms with Crippen molar-refractivity contribution in [1.29, 1.82) is 0 Å². The van der Waals surface area contributed by atoms with Gasteiger partial charge in [0.2, 0.25) is 0 Å². The molecular formula is C24H27N3O5. The van der Waals surface area contributed by atoms with Gasteiger partial charge in [-0.2, -0.15) is 0 Å². The maximum Gasteiger partial charge on any atom is 0.410 e. The number of aromatic nitrogens is 1. The van der Waals surface area contributed by atoms with Crippen molar-refractivity contribution in [2.75, 3.05) is 26.3 Å². The number of furan rings is 1. The van der Waals surface area contributed by atoms with Crippen LogP contribution in [0, 0.1) is 0 Å². The molecule has 1 atom stereocenters. The number of benzene rings is 1. The molecular weight excluding hydrogens is 410 g/mol. The highest BCUT2D eigenvalue weighted by atomic mass is 16.6. The maximum absolute atomic E-state index is 12.8. The average Bonchev–Trinajstić information content (AvgIpc) is 3.11. The number of ether oxygens (including phenoxy) is 2. The highest BCUT2D eigenvalue weighted by molar-refractivity contribution is 5.96. The molecule has 3 heterocycles. The minimum atomic E-state index is -0.583. The molecule has 168 valence electrons. The summed E-state index contributed by atoms with van der Waals surface area (Å²) in [5, 5.41) is 3.88. The van der Waals surface area contributed by atoms with Crippen LogP contribution in [0.5, 0.6) is 0 Å². The summed E-state index contributed by atoms with van der Waals surface area (Å²) in [6, 6.07) is 10.6. The van der Waals surface area contributed by atoms with E-state index in [2.05, 4.69) is 10.3 Å². The van der Waals surface area contributed by atoms with Crippen molar-refractivity contribution in [3.63, 3.8) is 0 Å². The lowest BCUT2D eigenvalue weighted by molar-refractivity contribution is 0.0237. The number of pyridine rings is 1. The Kier molecular flexibility index (Phi) is 6.14. The standard InChI is InChI=1S/C24H27N3O5/c1-24(2,3)32-23(29)27-11-13-30-15-18(14-27)26-22(28)17-6-4-16(5-7-17)21-19-9-12-31-20(19)8-10-25-21/h4-10,12,18H,11,13-15H2,1-3H3,(H,26,28). The van der Waals surface area contributed by atoms with Gasteiger partial charge in [0.1, 0.15) is 11.2 Å². The number of hydrogen-bond donors (Lipinski definition) is 1. The third-order valence-electron chi connectivity index (χ3n) is 5.05. The molecule has 1 aromatic carbocycles. The van der Waals surface area contributed by atoms with Crippen molar-refractivity contribution < 1.29 is 23.5 Å². The Bertz CT molecular complexity index is 1100. The van der Waals surface area contributed by atoms with Gasteiger partial charge in [0.05, 0.1) is 31.2 Å². The first-order valence-corrected chi connectivity index (χ1v) is 10.6. The summed E-state index contributed by atoms with van der Waals surface area (Å²) in [7, 11) is 0. The summed E-state index contributed by atoms with van der Waals surface area (Å²) in [5.74, 6) is -0.231. The lowest BCUT2D eigenvalue weighted by Crippen LogP contribution is -2.47. The minimum absolute atomic E-state index is 0.231. The van der Waals surface area contributed by atoms with Gasteiger partial charge in [-0.1, -0.05) is 12.1 Å². The van der Waals surface area contributed by atoms with Gasteiger partial charge in [-0.15, -0.1) is 0 Å². The van der Waals surface area contributed by atoms with Gasteiger partial charge in [-0.05, 0) is 45.0 Å². The lowest BCUT2D eigenvalue weighted by Gasteiger charge is -2.28. The summed E-state index contributed by atoms with van der Waals surface area (Å²) in [6.45, 7) is 6.94. The molecule has 0 bridgehead atoms. The Morgan fingerprint density at radius 2 is 1.94 bits per heavy atom. The molecule has 0 aliphatic carbocycles. The van der Waals surface area contributed by atoms with Crippen LogP contribution in [0.1, 0.15) is 31.1 Å². The van der Waals surface area contributed by atoms with Crippen LogP contribution in [0.25, 0.3) is 22.2 Å². The summed E-state index contributed by atoms with van der Waals surface area (Å²) in [5.41, 5.74) is 2.39. The van der Waals surface area contributed by atoms with E-state index in [9.17, 15) is 9.59 Å². The molecule has 1 unspecified atom stereocenters. The quantitative estimate of drug-likeness (QED) is 0.669. The zero-order valence-corrected chi connectivity index (χ0v) is 18.5. The predicted molar refractivity (Wildman–Crippen MR) is 119 cm³/mol. The highest BCUT2D eigenvalue weighted by Gasteiger charge is 2.27. The number of amides is 2. The van der Waals surface area contributed by atoms with Crippen LogP contribution in [0.3, 0.4) is 0 Å². The zero-order chi connectivity index (χ0) is 22.7. The minimum Gasteiger partial charge on any atom is -0.464 e. The summed E-state index contributed by atoms with van der Waals surface area (Å²) in [4.78, 5) is 31.3. The largest absolute Gasteiger partial charge is 0.464 e. The van der Waals surface area contributed by atoms with Crippen LogP contribution in [-0.4, -0.2) is 59.8 Å². The Morgan fingerprint density at radius 3 is 2.69 bits per heavy atom. The van der Waals surface area contributed by atoms with Crippen LogP contribution in [0.4, 0.5) is 4.79 Å². The Labute approximate surface area is 186 Å². The number of carbonyl (C=O) groups is 2. The van der Waals surface area contributed by atoms with E-state index in [-0.39, 0.29) is 11.9 Å². The average molecular weight is 437 g/mol. The van der Waals surface area contributed by atoms with E-state index in [0.29, 0.717) is 31.9 Å². The molecule has 3 aromatic rings. The van der Waals surface area contributed by atoms with Crippen molar-refractivity contribution in [3.05, 3.63) is 54.4 Å². The molecule has 0 spiro atoms. The third kappa shape index (κ3) is 5.08. The molecule has 1 aliphatic heterocycles. The molecule has 4 rings (SSSR count). The van der Waals surface area contributed by atoms with Gasteiger partial charge in [0.15, 0.2) is 0 Å². The van der Waals surface area contributed by atoms with Crippen LogP contribution in [0.2, 0.25) is 0 Å². The maximum atomic E-state index is 12.8. The van der Waals surface area contributed by atoms with Gasteiger partial charge >= 0.3 is 6.09 Å². The first-order chi connectivity index (χ1) is 15.3. The van der Waals surface area contributed by atoms with E-state index in [0.717, 1.165) is 22.2 Å². The number of carbonyl (C=O) groups excluding carboxylic acids is 2. The van der Waals surface area contributed by atoms with Gasteiger partial charge in [-0.3, -0.25) is 9.78 Å². The molecule has 8 nitrogen and oxygen atoms in total. The molecule has 0 saturated carbocycles. The first-order valence-electron chi connectivity index (χ1n) is 10.6. The van der Waals surface area contributed by atoms with E-state index in [1.54, 1.807) is 29.5 Å². The molecule has 8 heteroatoms. The van der Waals surface area contributed by atoms with Crippen molar-refractivity contribution in [2.45, 2.75) is 32.4 Å². The van der Waals surface area contributed by atoms with E-state index in [1.165, 1.54) is 0 Å². The Hall–Kier alpha value is -3.39. The van der Waals surface area contributed by atoms with E-state index in [4.69, 9.17) is 13.9 Å². The summed E-state index contributed by atoms with van der Waals surface area (Å²) in [6.07, 6.45) is 2.92. The molecule has 32 heavy (non-hydrogen) atoms. The fraction of sp³-hybridized carbons (Fsp3) is 0.375. The van der Waals surface area contributed by atoms with Crippen LogP contribution in [0.15, 0.2) is 53.3 Å². The number of fused-ring (bicyclic) bond motifs is 1. The number of rotatable bonds is 3. The third-order valence-corrected chi connectivity index (χ3v) is 5.05. The fourth-order valence-corrected chi connectivity index (χ4v) is 3.56. The van der Waals surface area contributed by atoms with Crippen molar-refractivity contribution in [1.82, 2.24) is 15.2 Å². The van der Waals surface area contributed by atoms with E-state index in [1.807, 2.05) is 45.0 Å². The number of nitrogens with zero attached hydrogens (tertiary/aromatic N) is 2. The monoisotopic (exact) mass is 437 g/mol. The molecule has 1 saturated heterocycles. The fourth-order valence-electron chi connectivity index (χ4n) is 3.56. The van der Waals surface area contributed by atoms with E-state index < -0.39 is 11.7 Å². The first kappa shape index (κ1) is 21.8. The Balaban J connectivity index is 1.43. The SMILES string of the molecule is CC(C)(C)OC(=O)N1CCOCC(NC(=O)c2ccc(-c3nccc4occc34)cc2)C1. The summed E-state index contributed by atoms with van der Waals surface area (Å²) >= 11 is 0. The van der Waals surface area contributed by atoms with Crippen LogP contribution < -0.4 is 5.32 Å². The van der Waals surface area contributed by atoms with Gasteiger partial charge in [0.25, 0.3) is 5.91 Å². The van der Waals surface area contributed by atoms with Gasteiger partial charge < -0.3 is 24.1 Å². The van der Waals surface area contributed by atoms with Crippen molar-refractivity contribution >= 4 is 23.0 Å². The molecule has 1 fully saturated rings. The molecule has 1 aliphatic rings. The van der Waals surface area contributed by atoms with Gasteiger partial charge in [0, 0.05) is 35.8 Å². The van der Waals surface area contributed by atoms with Crippen molar-refractivity contribution in [2.24, 2.45) is 0 Å². The molecule has 0 radical (unpaired) electrons. The van der Waals surface area contributed by atoms with E-state index >= 15 is 0 Å². The molecule has 1 N–H and O–H groups in total. The Morgan fingerprint density at radius 1 is 1.16 bits per heavy atom. The number of hydrogen-bond acceptors (Lipinski definition) is 6. The van der Waals surface area contributed by atoms with Crippen LogP contribution >= 0.6 is 0 Å². The van der Waals surface area contributed by atoms with Crippen LogP contribution in [-0.2, 0) is 9.47 Å². The lowest BCUT2D eigenvalue weighted by atomic mass is 10.1. The predicted octanol–water partition coefficient (Wildman–Crippen LogP) is 3.86. The molecule has 2 aromatic heterocycles. The van der Waals surface area contributed by atoms with Crippen molar-refractivity contribution in [3.8, 4) is 11.3 Å². The second-order valence-corrected chi connectivity index (χ2v) is 8.74. The second-order valence-electron chi connectivity index (χ2n) is 8.74. The normalized spacial score (nSPS) is 17.1. The highest BCUT2D eigenvalue weighted by Crippen LogP contribution is 2.27. The second kappa shape index (κ2) is 9.00. The summed E-state index contributed by atoms with van der Waals surface area (Å²) < 4.78 is 16.5. The topological polar surface area (TPSA) is 93.9 Å². The molecule has 2 amide bonds. The van der Waals surface area contributed by atoms with Gasteiger partial charge in [-0.25, -0.2) is 4.79 Å². The zero-order valence-electron chi connectivity index (χ0n) is 18.5. The smallest absolute Gasteiger partial charge is 0.410 e.